The molecular formula is C15H17ClN2O2. The van der Waals surface area contributed by atoms with E-state index >= 15 is 0 Å². The van der Waals surface area contributed by atoms with Gasteiger partial charge in [-0.2, -0.15) is 0 Å². The molecule has 0 saturated carbocycles. The molecule has 20 heavy (non-hydrogen) atoms. The van der Waals surface area contributed by atoms with Crippen molar-refractivity contribution in [3.63, 3.8) is 0 Å². The lowest BCUT2D eigenvalue weighted by Gasteiger charge is -2.08. The second-order valence-electron chi connectivity index (χ2n) is 3.97. The van der Waals surface area contributed by atoms with Gasteiger partial charge in [0.05, 0.1) is 14.2 Å². The van der Waals surface area contributed by atoms with Crippen LogP contribution in [0.5, 0.6) is 11.5 Å². The molecule has 0 aliphatic heterocycles. The summed E-state index contributed by atoms with van der Waals surface area (Å²) >= 11 is 0. The fraction of sp³-hybridized carbons (Fsp3) is 0.200. The van der Waals surface area contributed by atoms with Crippen molar-refractivity contribution in [3.8, 4) is 11.5 Å². The lowest BCUT2D eigenvalue weighted by atomic mass is 10.2. The lowest BCUT2D eigenvalue weighted by Crippen LogP contribution is -1.94. The van der Waals surface area contributed by atoms with Gasteiger partial charge in [0.15, 0.2) is 0 Å². The normalized spacial score (nSPS) is 10.7. The SMILES string of the molecule is COc1ccc(N=C(C)c2ccncc2)c(OC)c1.Cl. The van der Waals surface area contributed by atoms with Crippen LogP contribution < -0.4 is 9.47 Å². The number of halogens is 1. The van der Waals surface area contributed by atoms with Crippen LogP contribution in [0.2, 0.25) is 0 Å². The fourth-order valence-corrected chi connectivity index (χ4v) is 1.72. The van der Waals surface area contributed by atoms with Crippen molar-refractivity contribution in [1.29, 1.82) is 0 Å². The number of ether oxygens (including phenoxy) is 2. The van der Waals surface area contributed by atoms with Gasteiger partial charge >= 0.3 is 0 Å². The molecule has 0 fully saturated rings. The standard InChI is InChI=1S/C15H16N2O2.ClH/c1-11(12-6-8-16-9-7-12)17-14-5-4-13(18-2)10-15(14)19-3;/h4-10H,1-3H3;1H. The maximum Gasteiger partial charge on any atom is 0.148 e. The number of aromatic nitrogens is 1. The van der Waals surface area contributed by atoms with E-state index in [2.05, 4.69) is 9.98 Å². The van der Waals surface area contributed by atoms with Crippen molar-refractivity contribution in [1.82, 2.24) is 4.98 Å². The number of nitrogens with zero attached hydrogens (tertiary/aromatic N) is 2. The van der Waals surface area contributed by atoms with E-state index in [9.17, 15) is 0 Å². The summed E-state index contributed by atoms with van der Waals surface area (Å²) < 4.78 is 10.5. The van der Waals surface area contributed by atoms with Crippen LogP contribution in [0.1, 0.15) is 12.5 Å². The first-order valence-electron chi connectivity index (χ1n) is 5.92. The molecule has 0 atom stereocenters. The van der Waals surface area contributed by atoms with Crippen molar-refractivity contribution in [2.75, 3.05) is 14.2 Å². The summed E-state index contributed by atoms with van der Waals surface area (Å²) in [6, 6.07) is 9.41. The maximum absolute atomic E-state index is 5.33. The van der Waals surface area contributed by atoms with Crippen LogP contribution in [0.3, 0.4) is 0 Å². The van der Waals surface area contributed by atoms with Crippen LogP contribution in [0.25, 0.3) is 0 Å². The summed E-state index contributed by atoms with van der Waals surface area (Å²) in [5.41, 5.74) is 2.72. The topological polar surface area (TPSA) is 43.7 Å². The van der Waals surface area contributed by atoms with Crippen molar-refractivity contribution in [2.45, 2.75) is 6.92 Å². The smallest absolute Gasteiger partial charge is 0.148 e. The van der Waals surface area contributed by atoms with Gasteiger partial charge in [0, 0.05) is 24.2 Å². The zero-order valence-electron chi connectivity index (χ0n) is 11.7. The Kier molecular flexibility index (Phi) is 6.00. The largest absolute Gasteiger partial charge is 0.497 e. The Balaban J connectivity index is 0.00000200. The lowest BCUT2D eigenvalue weighted by molar-refractivity contribution is 0.395. The zero-order valence-corrected chi connectivity index (χ0v) is 12.5. The quantitative estimate of drug-likeness (QED) is 0.808. The summed E-state index contributed by atoms with van der Waals surface area (Å²) in [6.07, 6.45) is 3.50. The van der Waals surface area contributed by atoms with Gasteiger partial charge in [-0.3, -0.25) is 4.98 Å². The number of hydrogen-bond acceptors (Lipinski definition) is 4. The Labute approximate surface area is 124 Å². The van der Waals surface area contributed by atoms with E-state index in [0.29, 0.717) is 5.75 Å². The number of hydrogen-bond donors (Lipinski definition) is 0. The molecule has 2 rings (SSSR count). The van der Waals surface area contributed by atoms with Crippen LogP contribution in [-0.2, 0) is 0 Å². The molecule has 0 aliphatic carbocycles. The Bertz CT molecular complexity index is 586. The zero-order chi connectivity index (χ0) is 13.7. The van der Waals surface area contributed by atoms with Gasteiger partial charge in [0.25, 0.3) is 0 Å². The molecule has 1 aromatic carbocycles. The maximum atomic E-state index is 5.33. The third-order valence-corrected chi connectivity index (χ3v) is 2.77. The minimum absolute atomic E-state index is 0. The van der Waals surface area contributed by atoms with E-state index in [1.54, 1.807) is 26.6 Å². The number of aliphatic imine (C=N–C) groups is 1. The summed E-state index contributed by atoms with van der Waals surface area (Å²) in [4.78, 5) is 8.58. The Hall–Kier alpha value is -2.07. The monoisotopic (exact) mass is 292 g/mol. The van der Waals surface area contributed by atoms with Crippen molar-refractivity contribution < 1.29 is 9.47 Å². The fourth-order valence-electron chi connectivity index (χ4n) is 1.72. The van der Waals surface area contributed by atoms with Crippen molar-refractivity contribution in [3.05, 3.63) is 48.3 Å². The Morgan fingerprint density at radius 1 is 1.05 bits per heavy atom. The minimum atomic E-state index is 0. The summed E-state index contributed by atoms with van der Waals surface area (Å²) in [5.74, 6) is 1.44. The van der Waals surface area contributed by atoms with E-state index in [4.69, 9.17) is 9.47 Å². The average Bonchev–Trinajstić information content (AvgIpc) is 2.48. The van der Waals surface area contributed by atoms with Crippen LogP contribution in [0, 0.1) is 0 Å². The predicted octanol–water partition coefficient (Wildman–Crippen LogP) is 3.66. The van der Waals surface area contributed by atoms with Crippen molar-refractivity contribution >= 4 is 23.8 Å². The van der Waals surface area contributed by atoms with Gasteiger partial charge in [-0.25, -0.2) is 4.99 Å². The number of rotatable bonds is 4. The second-order valence-corrected chi connectivity index (χ2v) is 3.97. The second kappa shape index (κ2) is 7.50. The van der Waals surface area contributed by atoms with Gasteiger partial charge < -0.3 is 9.47 Å². The summed E-state index contributed by atoms with van der Waals surface area (Å²) in [6.45, 7) is 1.96. The van der Waals surface area contributed by atoms with Crippen molar-refractivity contribution in [2.24, 2.45) is 4.99 Å². The highest BCUT2D eigenvalue weighted by atomic mass is 35.5. The van der Waals surface area contributed by atoms with E-state index in [1.807, 2.05) is 37.3 Å². The number of pyridine rings is 1. The molecule has 0 amide bonds. The molecule has 4 nitrogen and oxygen atoms in total. The van der Waals surface area contributed by atoms with Crippen LogP contribution >= 0.6 is 12.4 Å². The molecule has 1 heterocycles. The molecular weight excluding hydrogens is 276 g/mol. The molecule has 0 radical (unpaired) electrons. The van der Waals surface area contributed by atoms with E-state index in [-0.39, 0.29) is 12.4 Å². The van der Waals surface area contributed by atoms with Gasteiger partial charge in [0.1, 0.15) is 17.2 Å². The minimum Gasteiger partial charge on any atom is -0.497 e. The highest BCUT2D eigenvalue weighted by Gasteiger charge is 2.05. The molecule has 0 saturated heterocycles. The molecule has 0 bridgehead atoms. The number of methoxy groups -OCH3 is 2. The number of benzene rings is 1. The molecule has 5 heteroatoms. The van der Waals surface area contributed by atoms with Gasteiger partial charge in [-0.1, -0.05) is 0 Å². The predicted molar refractivity (Wildman–Crippen MR) is 82.9 cm³/mol. The molecule has 0 unspecified atom stereocenters. The first kappa shape index (κ1) is 16.0. The van der Waals surface area contributed by atoms with Gasteiger partial charge in [-0.05, 0) is 36.8 Å². The van der Waals surface area contributed by atoms with Crippen LogP contribution in [-0.4, -0.2) is 24.9 Å². The molecule has 0 spiro atoms. The molecule has 2 aromatic rings. The van der Waals surface area contributed by atoms with E-state index in [0.717, 1.165) is 22.7 Å². The average molecular weight is 293 g/mol. The third kappa shape index (κ3) is 3.71. The highest BCUT2D eigenvalue weighted by molar-refractivity contribution is 6.00. The molecule has 0 N–H and O–H groups in total. The first-order valence-corrected chi connectivity index (χ1v) is 5.92. The Morgan fingerprint density at radius 2 is 1.75 bits per heavy atom. The third-order valence-electron chi connectivity index (χ3n) is 2.77. The molecule has 0 aliphatic rings. The van der Waals surface area contributed by atoms with Crippen LogP contribution in [0.4, 0.5) is 5.69 Å². The first-order chi connectivity index (χ1) is 9.24. The summed E-state index contributed by atoms with van der Waals surface area (Å²) in [5, 5.41) is 0. The summed E-state index contributed by atoms with van der Waals surface area (Å²) in [7, 11) is 3.25. The Morgan fingerprint density at radius 3 is 2.35 bits per heavy atom. The van der Waals surface area contributed by atoms with Gasteiger partial charge in [0.2, 0.25) is 0 Å². The van der Waals surface area contributed by atoms with E-state index < -0.39 is 0 Å². The van der Waals surface area contributed by atoms with E-state index in [1.165, 1.54) is 0 Å². The molecule has 106 valence electrons. The molecule has 1 aromatic heterocycles. The highest BCUT2D eigenvalue weighted by Crippen LogP contribution is 2.31. The van der Waals surface area contributed by atoms with Gasteiger partial charge in [-0.15, -0.1) is 12.4 Å². The van der Waals surface area contributed by atoms with Crippen LogP contribution in [0.15, 0.2) is 47.7 Å².